The largest absolute Gasteiger partial charge is 0.495 e. The van der Waals surface area contributed by atoms with Gasteiger partial charge in [0.15, 0.2) is 0 Å². The minimum atomic E-state index is 0.400. The van der Waals surface area contributed by atoms with Crippen molar-refractivity contribution in [3.8, 4) is 11.8 Å². The van der Waals surface area contributed by atoms with Gasteiger partial charge in [-0.3, -0.25) is 0 Å². The van der Waals surface area contributed by atoms with Crippen molar-refractivity contribution in [1.82, 2.24) is 4.98 Å². The number of anilines is 2. The Balaban J connectivity index is 2.27. The van der Waals surface area contributed by atoms with Crippen molar-refractivity contribution in [2.45, 2.75) is 6.92 Å². The zero-order chi connectivity index (χ0) is 13.0. The van der Waals surface area contributed by atoms with Crippen LogP contribution in [0, 0.1) is 18.3 Å². The van der Waals surface area contributed by atoms with Crippen molar-refractivity contribution in [2.24, 2.45) is 0 Å². The molecule has 2 rings (SSSR count). The monoisotopic (exact) mass is 239 g/mol. The minimum Gasteiger partial charge on any atom is -0.495 e. The summed E-state index contributed by atoms with van der Waals surface area (Å²) >= 11 is 0. The van der Waals surface area contributed by atoms with Crippen molar-refractivity contribution in [3.05, 3.63) is 47.8 Å². The van der Waals surface area contributed by atoms with E-state index in [0.717, 1.165) is 22.7 Å². The van der Waals surface area contributed by atoms with E-state index in [1.54, 1.807) is 19.4 Å². The number of nitrogens with zero attached hydrogens (tertiary/aromatic N) is 2. The van der Waals surface area contributed by atoms with Gasteiger partial charge in [0.25, 0.3) is 0 Å². The highest BCUT2D eigenvalue weighted by Gasteiger charge is 2.03. The molecule has 0 unspecified atom stereocenters. The van der Waals surface area contributed by atoms with Crippen LogP contribution < -0.4 is 10.1 Å². The average molecular weight is 239 g/mol. The lowest BCUT2D eigenvalue weighted by Gasteiger charge is -2.11. The number of ether oxygens (including phenoxy) is 1. The second-order valence-electron chi connectivity index (χ2n) is 3.87. The fraction of sp³-hybridized carbons (Fsp3) is 0.143. The maximum Gasteiger partial charge on any atom is 0.142 e. The van der Waals surface area contributed by atoms with Crippen LogP contribution in [0.15, 0.2) is 36.5 Å². The van der Waals surface area contributed by atoms with Gasteiger partial charge in [-0.2, -0.15) is 5.26 Å². The van der Waals surface area contributed by atoms with Crippen molar-refractivity contribution >= 4 is 11.4 Å². The van der Waals surface area contributed by atoms with Crippen LogP contribution in [0.3, 0.4) is 0 Å². The van der Waals surface area contributed by atoms with E-state index in [1.165, 1.54) is 0 Å². The second-order valence-corrected chi connectivity index (χ2v) is 3.87. The molecule has 0 aliphatic heterocycles. The molecule has 0 aliphatic carbocycles. The first kappa shape index (κ1) is 11.9. The van der Waals surface area contributed by atoms with Gasteiger partial charge in [0.1, 0.15) is 17.5 Å². The molecule has 0 aliphatic rings. The summed E-state index contributed by atoms with van der Waals surface area (Å²) in [7, 11) is 1.63. The number of aromatic nitrogens is 1. The normalized spacial score (nSPS) is 9.61. The molecule has 0 saturated carbocycles. The van der Waals surface area contributed by atoms with Gasteiger partial charge in [0.05, 0.1) is 24.7 Å². The lowest BCUT2D eigenvalue weighted by atomic mass is 10.2. The fourth-order valence-corrected chi connectivity index (χ4v) is 1.61. The molecule has 0 saturated heterocycles. The SMILES string of the molecule is COc1ccc(C)cc1Nc1ccc(C#N)nc1. The molecular weight excluding hydrogens is 226 g/mol. The molecule has 0 spiro atoms. The molecule has 4 nitrogen and oxygen atoms in total. The van der Waals surface area contributed by atoms with Gasteiger partial charge in [-0.1, -0.05) is 6.07 Å². The molecule has 18 heavy (non-hydrogen) atoms. The van der Waals surface area contributed by atoms with Crippen LogP contribution in [0.25, 0.3) is 0 Å². The third kappa shape index (κ3) is 2.58. The highest BCUT2D eigenvalue weighted by molar-refractivity contribution is 5.66. The molecule has 1 aromatic carbocycles. The molecule has 0 bridgehead atoms. The van der Waals surface area contributed by atoms with Gasteiger partial charge >= 0.3 is 0 Å². The summed E-state index contributed by atoms with van der Waals surface area (Å²) in [6, 6.07) is 11.4. The molecule has 1 aromatic heterocycles. The number of rotatable bonds is 3. The van der Waals surface area contributed by atoms with Crippen LogP contribution >= 0.6 is 0 Å². The van der Waals surface area contributed by atoms with Crippen molar-refractivity contribution in [1.29, 1.82) is 5.26 Å². The second kappa shape index (κ2) is 5.19. The van der Waals surface area contributed by atoms with E-state index in [0.29, 0.717) is 5.69 Å². The third-order valence-electron chi connectivity index (χ3n) is 2.51. The Bertz CT molecular complexity index is 585. The summed E-state index contributed by atoms with van der Waals surface area (Å²) in [4.78, 5) is 4.01. The van der Waals surface area contributed by atoms with Gasteiger partial charge in [-0.15, -0.1) is 0 Å². The number of methoxy groups -OCH3 is 1. The predicted molar refractivity (Wildman–Crippen MR) is 70.0 cm³/mol. The summed E-state index contributed by atoms with van der Waals surface area (Å²) in [6.45, 7) is 2.02. The minimum absolute atomic E-state index is 0.400. The van der Waals surface area contributed by atoms with Gasteiger partial charge in [-0.05, 0) is 36.8 Å². The highest BCUT2D eigenvalue weighted by Crippen LogP contribution is 2.28. The molecule has 0 radical (unpaired) electrons. The van der Waals surface area contributed by atoms with Crippen LogP contribution in [0.2, 0.25) is 0 Å². The number of nitrogens with one attached hydrogen (secondary N) is 1. The summed E-state index contributed by atoms with van der Waals surface area (Å²) in [5.74, 6) is 0.768. The Labute approximate surface area is 106 Å². The van der Waals surface area contributed by atoms with Crippen LogP contribution in [0.4, 0.5) is 11.4 Å². The lowest BCUT2D eigenvalue weighted by Crippen LogP contribution is -1.96. The Kier molecular flexibility index (Phi) is 3.44. The number of nitriles is 1. The van der Waals surface area contributed by atoms with E-state index >= 15 is 0 Å². The van der Waals surface area contributed by atoms with Crippen molar-refractivity contribution < 1.29 is 4.74 Å². The number of pyridine rings is 1. The zero-order valence-electron chi connectivity index (χ0n) is 10.3. The Morgan fingerprint density at radius 1 is 1.28 bits per heavy atom. The molecule has 0 atom stereocenters. The fourth-order valence-electron chi connectivity index (χ4n) is 1.61. The van der Waals surface area contributed by atoms with E-state index in [2.05, 4.69) is 10.3 Å². The van der Waals surface area contributed by atoms with Gasteiger partial charge in [0, 0.05) is 0 Å². The first-order chi connectivity index (χ1) is 8.72. The maximum atomic E-state index is 8.68. The van der Waals surface area contributed by atoms with Crippen LogP contribution in [-0.2, 0) is 0 Å². The van der Waals surface area contributed by atoms with E-state index < -0.39 is 0 Å². The number of hydrogen-bond donors (Lipinski definition) is 1. The number of hydrogen-bond acceptors (Lipinski definition) is 4. The van der Waals surface area contributed by atoms with Crippen LogP contribution in [0.1, 0.15) is 11.3 Å². The highest BCUT2D eigenvalue weighted by atomic mass is 16.5. The van der Waals surface area contributed by atoms with E-state index in [4.69, 9.17) is 10.00 Å². The van der Waals surface area contributed by atoms with Crippen LogP contribution in [0.5, 0.6) is 5.75 Å². The van der Waals surface area contributed by atoms with Gasteiger partial charge < -0.3 is 10.1 Å². The van der Waals surface area contributed by atoms with E-state index in [1.807, 2.05) is 37.3 Å². The standard InChI is InChI=1S/C14H13N3O/c1-10-3-6-14(18-2)13(7-10)17-12-5-4-11(8-15)16-9-12/h3-7,9,17H,1-2H3. The first-order valence-corrected chi connectivity index (χ1v) is 5.51. The maximum absolute atomic E-state index is 8.68. The van der Waals surface area contributed by atoms with Crippen LogP contribution in [-0.4, -0.2) is 12.1 Å². The topological polar surface area (TPSA) is 57.9 Å². The summed E-state index contributed by atoms with van der Waals surface area (Å²) in [5, 5.41) is 11.9. The number of aryl methyl sites for hydroxylation is 1. The molecule has 1 heterocycles. The zero-order valence-corrected chi connectivity index (χ0v) is 10.3. The third-order valence-corrected chi connectivity index (χ3v) is 2.51. The lowest BCUT2D eigenvalue weighted by molar-refractivity contribution is 0.416. The van der Waals surface area contributed by atoms with Crippen molar-refractivity contribution in [2.75, 3.05) is 12.4 Å². The summed E-state index contributed by atoms with van der Waals surface area (Å²) in [5.41, 5.74) is 3.23. The molecule has 2 aromatic rings. The van der Waals surface area contributed by atoms with Gasteiger partial charge in [0.2, 0.25) is 0 Å². The first-order valence-electron chi connectivity index (χ1n) is 5.51. The number of benzene rings is 1. The molecule has 1 N–H and O–H groups in total. The smallest absolute Gasteiger partial charge is 0.142 e. The van der Waals surface area contributed by atoms with E-state index in [-0.39, 0.29) is 0 Å². The average Bonchev–Trinajstić information content (AvgIpc) is 2.40. The molecule has 0 fully saturated rings. The Hall–Kier alpha value is -2.54. The van der Waals surface area contributed by atoms with Crippen molar-refractivity contribution in [3.63, 3.8) is 0 Å². The predicted octanol–water partition coefficient (Wildman–Crippen LogP) is 3.01. The summed E-state index contributed by atoms with van der Waals surface area (Å²) < 4.78 is 5.28. The molecule has 4 heteroatoms. The summed E-state index contributed by atoms with van der Waals surface area (Å²) in [6.07, 6.45) is 1.63. The molecular formula is C14H13N3O. The van der Waals surface area contributed by atoms with Gasteiger partial charge in [-0.25, -0.2) is 4.98 Å². The molecule has 90 valence electrons. The Morgan fingerprint density at radius 3 is 2.72 bits per heavy atom. The van der Waals surface area contributed by atoms with E-state index in [9.17, 15) is 0 Å². The molecule has 0 amide bonds. The Morgan fingerprint density at radius 2 is 2.11 bits per heavy atom. The quantitative estimate of drug-likeness (QED) is 0.894.